The highest BCUT2D eigenvalue weighted by atomic mass is 32.2. The molecule has 0 saturated heterocycles. The minimum Gasteiger partial charge on any atom is -0.497 e. The van der Waals surface area contributed by atoms with Crippen molar-refractivity contribution in [1.29, 1.82) is 0 Å². The molecule has 1 aromatic rings. The van der Waals surface area contributed by atoms with Crippen molar-refractivity contribution in [2.75, 3.05) is 7.11 Å². The summed E-state index contributed by atoms with van der Waals surface area (Å²) in [5, 5.41) is 0.178. The molecular formula is C13H19NO2S. The first-order valence-electron chi connectivity index (χ1n) is 5.93. The Kier molecular flexibility index (Phi) is 3.84. The van der Waals surface area contributed by atoms with E-state index in [4.69, 9.17) is 10.5 Å². The van der Waals surface area contributed by atoms with Gasteiger partial charge in [-0.3, -0.25) is 4.21 Å². The summed E-state index contributed by atoms with van der Waals surface area (Å²) >= 11 is 0. The van der Waals surface area contributed by atoms with E-state index in [1.54, 1.807) is 7.11 Å². The molecule has 1 aliphatic rings. The highest BCUT2D eigenvalue weighted by molar-refractivity contribution is 7.85. The van der Waals surface area contributed by atoms with Gasteiger partial charge in [-0.25, -0.2) is 0 Å². The van der Waals surface area contributed by atoms with Gasteiger partial charge in [0.15, 0.2) is 0 Å². The van der Waals surface area contributed by atoms with Gasteiger partial charge in [0.25, 0.3) is 0 Å². The van der Waals surface area contributed by atoms with Crippen LogP contribution in [0.3, 0.4) is 0 Å². The van der Waals surface area contributed by atoms with Crippen LogP contribution in [0.25, 0.3) is 0 Å². The van der Waals surface area contributed by atoms with Gasteiger partial charge in [0, 0.05) is 16.2 Å². The van der Waals surface area contributed by atoms with E-state index in [0.717, 1.165) is 23.5 Å². The lowest BCUT2D eigenvalue weighted by Crippen LogP contribution is -2.29. The Balaban J connectivity index is 2.19. The van der Waals surface area contributed by atoms with Crippen LogP contribution in [0.5, 0.6) is 5.75 Å². The Hall–Kier alpha value is -0.870. The third-order valence-corrected chi connectivity index (χ3v) is 5.53. The van der Waals surface area contributed by atoms with Gasteiger partial charge in [-0.05, 0) is 37.0 Å². The summed E-state index contributed by atoms with van der Waals surface area (Å²) in [4.78, 5) is 0.843. The summed E-state index contributed by atoms with van der Waals surface area (Å²) < 4.78 is 17.6. The predicted octanol–water partition coefficient (Wildman–Crippen LogP) is 1.93. The molecule has 4 unspecified atom stereocenters. The van der Waals surface area contributed by atoms with Crippen molar-refractivity contribution in [3.63, 3.8) is 0 Å². The number of nitrogens with two attached hydrogens (primary N) is 1. The van der Waals surface area contributed by atoms with E-state index >= 15 is 0 Å². The Bertz CT molecular complexity index is 422. The molecule has 17 heavy (non-hydrogen) atoms. The summed E-state index contributed by atoms with van der Waals surface area (Å²) in [6, 6.07) is 7.69. The van der Waals surface area contributed by atoms with Crippen molar-refractivity contribution >= 4 is 10.8 Å². The first-order chi connectivity index (χ1) is 8.13. The molecule has 3 nitrogen and oxygen atoms in total. The van der Waals surface area contributed by atoms with Crippen LogP contribution in [0.1, 0.15) is 19.8 Å². The molecule has 0 heterocycles. The average Bonchev–Trinajstić information content (AvgIpc) is 2.69. The van der Waals surface area contributed by atoms with Gasteiger partial charge >= 0.3 is 0 Å². The highest BCUT2D eigenvalue weighted by Crippen LogP contribution is 2.32. The molecule has 0 aromatic heterocycles. The average molecular weight is 253 g/mol. The minimum atomic E-state index is -0.981. The zero-order valence-electron chi connectivity index (χ0n) is 10.3. The molecule has 0 amide bonds. The van der Waals surface area contributed by atoms with E-state index in [2.05, 4.69) is 6.92 Å². The van der Waals surface area contributed by atoms with Crippen LogP contribution in [0.4, 0.5) is 0 Å². The fourth-order valence-electron chi connectivity index (χ4n) is 2.36. The normalized spacial score (nSPS) is 30.2. The summed E-state index contributed by atoms with van der Waals surface area (Å²) in [6.07, 6.45) is 1.92. The molecule has 0 aliphatic heterocycles. The van der Waals surface area contributed by atoms with E-state index in [9.17, 15) is 4.21 Å². The summed E-state index contributed by atoms with van der Waals surface area (Å²) in [5.74, 6) is 1.08. The lowest BCUT2D eigenvalue weighted by atomic mass is 10.1. The standard InChI is InChI=1S/C13H19NO2S/c1-9-12(14)6-7-13(9)17(15)11-5-3-4-10(8-11)16-2/h3-5,8-9,12-13H,6-7,14H2,1-2H3. The fourth-order valence-corrected chi connectivity index (χ4v) is 4.10. The van der Waals surface area contributed by atoms with Crippen molar-refractivity contribution in [3.8, 4) is 5.75 Å². The van der Waals surface area contributed by atoms with Gasteiger partial charge < -0.3 is 10.5 Å². The van der Waals surface area contributed by atoms with Crippen molar-refractivity contribution in [2.24, 2.45) is 11.7 Å². The lowest BCUT2D eigenvalue weighted by Gasteiger charge is -2.17. The Morgan fingerprint density at radius 2 is 2.18 bits per heavy atom. The van der Waals surface area contributed by atoms with Crippen molar-refractivity contribution in [1.82, 2.24) is 0 Å². The summed E-state index contributed by atoms with van der Waals surface area (Å²) in [7, 11) is 0.640. The number of rotatable bonds is 3. The molecule has 2 N–H and O–H groups in total. The molecule has 0 spiro atoms. The Morgan fingerprint density at radius 3 is 2.76 bits per heavy atom. The number of hydrogen-bond acceptors (Lipinski definition) is 3. The van der Waals surface area contributed by atoms with E-state index in [1.807, 2.05) is 24.3 Å². The van der Waals surface area contributed by atoms with Crippen LogP contribution >= 0.6 is 0 Å². The zero-order valence-corrected chi connectivity index (χ0v) is 11.1. The van der Waals surface area contributed by atoms with Gasteiger partial charge in [-0.1, -0.05) is 13.0 Å². The monoisotopic (exact) mass is 253 g/mol. The van der Waals surface area contributed by atoms with Crippen LogP contribution < -0.4 is 10.5 Å². The van der Waals surface area contributed by atoms with Gasteiger partial charge in [0.2, 0.25) is 0 Å². The maximum atomic E-state index is 12.5. The molecule has 2 rings (SSSR count). The summed E-state index contributed by atoms with van der Waals surface area (Å²) in [5.41, 5.74) is 5.98. The maximum Gasteiger partial charge on any atom is 0.120 e. The lowest BCUT2D eigenvalue weighted by molar-refractivity contribution is 0.413. The number of benzene rings is 1. The largest absolute Gasteiger partial charge is 0.497 e. The molecule has 1 aliphatic carbocycles. The first-order valence-corrected chi connectivity index (χ1v) is 7.15. The molecule has 1 fully saturated rings. The van der Waals surface area contributed by atoms with Gasteiger partial charge in [-0.2, -0.15) is 0 Å². The van der Waals surface area contributed by atoms with Gasteiger partial charge in [-0.15, -0.1) is 0 Å². The molecule has 1 saturated carbocycles. The molecule has 1 aromatic carbocycles. The minimum absolute atomic E-state index is 0.178. The smallest absolute Gasteiger partial charge is 0.120 e. The number of ether oxygens (including phenoxy) is 1. The fraction of sp³-hybridized carbons (Fsp3) is 0.538. The second kappa shape index (κ2) is 5.19. The Labute approximate surface area is 105 Å². The maximum absolute atomic E-state index is 12.5. The zero-order chi connectivity index (χ0) is 12.4. The second-order valence-electron chi connectivity index (χ2n) is 4.62. The molecule has 0 radical (unpaired) electrons. The molecule has 94 valence electrons. The van der Waals surface area contributed by atoms with Gasteiger partial charge in [0.1, 0.15) is 5.75 Å². The highest BCUT2D eigenvalue weighted by Gasteiger charge is 2.34. The van der Waals surface area contributed by atoms with Crippen LogP contribution in [-0.2, 0) is 10.8 Å². The van der Waals surface area contributed by atoms with E-state index in [1.165, 1.54) is 0 Å². The van der Waals surface area contributed by atoms with Crippen molar-refractivity contribution in [3.05, 3.63) is 24.3 Å². The SMILES string of the molecule is COc1cccc(S(=O)C2CCC(N)C2C)c1. The predicted molar refractivity (Wildman–Crippen MR) is 69.6 cm³/mol. The van der Waals surface area contributed by atoms with E-state index in [-0.39, 0.29) is 11.3 Å². The molecule has 4 atom stereocenters. The first kappa shape index (κ1) is 12.6. The Morgan fingerprint density at radius 1 is 1.41 bits per heavy atom. The van der Waals surface area contributed by atoms with Crippen LogP contribution in [0.2, 0.25) is 0 Å². The topological polar surface area (TPSA) is 52.3 Å². The van der Waals surface area contributed by atoms with Gasteiger partial charge in [0.05, 0.1) is 17.9 Å². The molecular weight excluding hydrogens is 234 g/mol. The number of methoxy groups -OCH3 is 1. The van der Waals surface area contributed by atoms with E-state index < -0.39 is 10.8 Å². The van der Waals surface area contributed by atoms with Crippen molar-refractivity contribution < 1.29 is 8.95 Å². The molecule has 4 heteroatoms. The summed E-state index contributed by atoms with van der Waals surface area (Å²) in [6.45, 7) is 2.10. The van der Waals surface area contributed by atoms with Crippen LogP contribution in [0.15, 0.2) is 29.2 Å². The number of hydrogen-bond donors (Lipinski definition) is 1. The molecule has 0 bridgehead atoms. The van der Waals surface area contributed by atoms with Crippen LogP contribution in [-0.4, -0.2) is 22.6 Å². The van der Waals surface area contributed by atoms with E-state index in [0.29, 0.717) is 5.92 Å². The second-order valence-corrected chi connectivity index (χ2v) is 6.29. The third kappa shape index (κ3) is 2.53. The van der Waals surface area contributed by atoms with Crippen LogP contribution in [0, 0.1) is 5.92 Å². The quantitative estimate of drug-likeness (QED) is 0.895. The van der Waals surface area contributed by atoms with Crippen molar-refractivity contribution in [2.45, 2.75) is 36.0 Å². The third-order valence-electron chi connectivity index (χ3n) is 3.59.